The lowest BCUT2D eigenvalue weighted by atomic mass is 9.79. The Kier molecular flexibility index (Phi) is 3.81. The molecule has 1 aliphatic rings. The van der Waals surface area contributed by atoms with Crippen LogP contribution in [0.15, 0.2) is 48.5 Å². The van der Waals surface area contributed by atoms with Crippen molar-refractivity contribution in [1.82, 2.24) is 0 Å². The van der Waals surface area contributed by atoms with E-state index in [-0.39, 0.29) is 5.38 Å². The first kappa shape index (κ1) is 13.0. The Balaban J connectivity index is 1.92. The molecule has 0 radical (unpaired) electrons. The van der Waals surface area contributed by atoms with Crippen LogP contribution in [0.3, 0.4) is 0 Å². The van der Waals surface area contributed by atoms with Crippen LogP contribution in [0.2, 0.25) is 5.02 Å². The van der Waals surface area contributed by atoms with E-state index in [0.29, 0.717) is 5.92 Å². The second-order valence-corrected chi connectivity index (χ2v) is 6.06. The molecule has 0 aromatic heterocycles. The molecule has 0 spiro atoms. The lowest BCUT2D eigenvalue weighted by Crippen LogP contribution is -2.14. The van der Waals surface area contributed by atoms with Crippen molar-refractivity contribution >= 4 is 23.2 Å². The lowest BCUT2D eigenvalue weighted by molar-refractivity contribution is 0.539. The van der Waals surface area contributed by atoms with Gasteiger partial charge in [-0.3, -0.25) is 0 Å². The second-order valence-electron chi connectivity index (χ2n) is 5.15. The van der Waals surface area contributed by atoms with Gasteiger partial charge in [-0.05, 0) is 48.1 Å². The molecule has 0 saturated heterocycles. The Hall–Kier alpha value is -0.980. The molecule has 2 heteroatoms. The van der Waals surface area contributed by atoms with Crippen molar-refractivity contribution in [3.63, 3.8) is 0 Å². The van der Waals surface area contributed by atoms with Crippen molar-refractivity contribution in [2.45, 2.75) is 30.6 Å². The van der Waals surface area contributed by atoms with Gasteiger partial charge in [-0.15, -0.1) is 11.6 Å². The van der Waals surface area contributed by atoms with Crippen LogP contribution in [0.5, 0.6) is 0 Å². The molecular weight excluding hydrogens is 275 g/mol. The molecule has 0 bridgehead atoms. The highest BCUT2D eigenvalue weighted by molar-refractivity contribution is 6.30. The van der Waals surface area contributed by atoms with Gasteiger partial charge < -0.3 is 0 Å². The second kappa shape index (κ2) is 5.56. The van der Waals surface area contributed by atoms with Gasteiger partial charge in [-0.2, -0.15) is 0 Å². The van der Waals surface area contributed by atoms with Gasteiger partial charge in [0.25, 0.3) is 0 Å². The Morgan fingerprint density at radius 2 is 1.74 bits per heavy atom. The number of halogens is 2. The summed E-state index contributed by atoms with van der Waals surface area (Å²) < 4.78 is 0. The molecule has 2 atom stereocenters. The first-order chi connectivity index (χ1) is 9.25. The fourth-order valence-electron chi connectivity index (χ4n) is 2.97. The zero-order valence-electron chi connectivity index (χ0n) is 10.7. The highest BCUT2D eigenvalue weighted by Gasteiger charge is 2.27. The Morgan fingerprint density at radius 1 is 1.00 bits per heavy atom. The van der Waals surface area contributed by atoms with Crippen molar-refractivity contribution in [2.24, 2.45) is 0 Å². The van der Waals surface area contributed by atoms with Gasteiger partial charge in [0.15, 0.2) is 0 Å². The van der Waals surface area contributed by atoms with Crippen LogP contribution in [0.4, 0.5) is 0 Å². The van der Waals surface area contributed by atoms with Gasteiger partial charge in [-0.1, -0.05) is 48.0 Å². The van der Waals surface area contributed by atoms with Crippen molar-refractivity contribution in [3.8, 4) is 0 Å². The van der Waals surface area contributed by atoms with E-state index in [1.165, 1.54) is 24.0 Å². The van der Waals surface area contributed by atoms with Gasteiger partial charge in [0.2, 0.25) is 0 Å². The molecule has 0 amide bonds. The van der Waals surface area contributed by atoms with Crippen LogP contribution >= 0.6 is 23.2 Å². The van der Waals surface area contributed by atoms with Crippen LogP contribution in [0.25, 0.3) is 0 Å². The topological polar surface area (TPSA) is 0 Å². The third-order valence-electron chi connectivity index (χ3n) is 3.96. The number of hydrogen-bond donors (Lipinski definition) is 0. The maximum Gasteiger partial charge on any atom is 0.0653 e. The van der Waals surface area contributed by atoms with Crippen LogP contribution in [0, 0.1) is 0 Å². The molecule has 0 nitrogen and oxygen atoms in total. The SMILES string of the molecule is Clc1ccc(C(Cl)C2CCCc3ccccc32)cc1. The Morgan fingerprint density at radius 3 is 2.53 bits per heavy atom. The maximum atomic E-state index is 6.72. The highest BCUT2D eigenvalue weighted by Crippen LogP contribution is 2.43. The van der Waals surface area contributed by atoms with E-state index >= 15 is 0 Å². The smallest absolute Gasteiger partial charge is 0.0653 e. The van der Waals surface area contributed by atoms with E-state index in [2.05, 4.69) is 24.3 Å². The molecule has 3 rings (SSSR count). The first-order valence-electron chi connectivity index (χ1n) is 6.73. The van der Waals surface area contributed by atoms with E-state index in [0.717, 1.165) is 17.0 Å². The number of fused-ring (bicyclic) bond motifs is 1. The summed E-state index contributed by atoms with van der Waals surface area (Å²) in [4.78, 5) is 0. The van der Waals surface area contributed by atoms with E-state index in [1.54, 1.807) is 0 Å². The minimum absolute atomic E-state index is 0.0266. The molecule has 2 unspecified atom stereocenters. The van der Waals surface area contributed by atoms with E-state index in [9.17, 15) is 0 Å². The van der Waals surface area contributed by atoms with E-state index < -0.39 is 0 Å². The zero-order valence-corrected chi connectivity index (χ0v) is 12.2. The average Bonchev–Trinajstić information content (AvgIpc) is 2.47. The van der Waals surface area contributed by atoms with Crippen LogP contribution < -0.4 is 0 Å². The summed E-state index contributed by atoms with van der Waals surface area (Å²) in [6.07, 6.45) is 3.56. The average molecular weight is 291 g/mol. The lowest BCUT2D eigenvalue weighted by Gasteiger charge is -2.29. The predicted octanol–water partition coefficient (Wildman–Crippen LogP) is 5.74. The van der Waals surface area contributed by atoms with E-state index in [4.69, 9.17) is 23.2 Å². The minimum atomic E-state index is 0.0266. The van der Waals surface area contributed by atoms with Crippen molar-refractivity contribution in [3.05, 3.63) is 70.2 Å². The summed E-state index contributed by atoms with van der Waals surface area (Å²) in [5.41, 5.74) is 4.04. The third kappa shape index (κ3) is 2.66. The van der Waals surface area contributed by atoms with Gasteiger partial charge in [0.05, 0.1) is 5.38 Å². The van der Waals surface area contributed by atoms with Crippen LogP contribution in [-0.2, 0) is 6.42 Å². The molecule has 0 aliphatic heterocycles. The molecule has 19 heavy (non-hydrogen) atoms. The summed E-state index contributed by atoms with van der Waals surface area (Å²) in [5, 5.41) is 0.787. The first-order valence-corrected chi connectivity index (χ1v) is 7.54. The molecule has 0 N–H and O–H groups in total. The van der Waals surface area contributed by atoms with E-state index in [1.807, 2.05) is 24.3 Å². The largest absolute Gasteiger partial charge is 0.117 e. The number of hydrogen-bond acceptors (Lipinski definition) is 0. The quantitative estimate of drug-likeness (QED) is 0.619. The highest BCUT2D eigenvalue weighted by atomic mass is 35.5. The minimum Gasteiger partial charge on any atom is -0.117 e. The summed E-state index contributed by atoms with van der Waals surface area (Å²) in [7, 11) is 0. The molecule has 0 heterocycles. The molecule has 0 saturated carbocycles. The van der Waals surface area contributed by atoms with Gasteiger partial charge in [0.1, 0.15) is 0 Å². The monoisotopic (exact) mass is 290 g/mol. The number of rotatable bonds is 2. The van der Waals surface area contributed by atoms with Crippen LogP contribution in [0.1, 0.15) is 40.8 Å². The molecule has 2 aromatic carbocycles. The van der Waals surface area contributed by atoms with Crippen LogP contribution in [-0.4, -0.2) is 0 Å². The fourth-order valence-corrected chi connectivity index (χ4v) is 3.51. The molecular formula is C17H16Cl2. The Bertz CT molecular complexity index is 560. The maximum absolute atomic E-state index is 6.72. The molecule has 98 valence electrons. The van der Waals surface area contributed by atoms with Gasteiger partial charge in [0, 0.05) is 10.9 Å². The summed E-state index contributed by atoms with van der Waals surface area (Å²) in [5.74, 6) is 0.410. The van der Waals surface area contributed by atoms with Crippen molar-refractivity contribution in [1.29, 1.82) is 0 Å². The molecule has 1 aliphatic carbocycles. The molecule has 2 aromatic rings. The normalized spacial score (nSPS) is 19.8. The predicted molar refractivity (Wildman–Crippen MR) is 82.2 cm³/mol. The fraction of sp³-hybridized carbons (Fsp3) is 0.294. The molecule has 0 fully saturated rings. The standard InChI is InChI=1S/C17H16Cl2/c18-14-10-8-13(9-11-14)17(19)16-7-3-5-12-4-1-2-6-15(12)16/h1-2,4,6,8-11,16-17H,3,5,7H2. The number of benzene rings is 2. The number of alkyl halides is 1. The summed E-state index contributed by atoms with van der Waals surface area (Å²) in [6, 6.07) is 16.6. The summed E-state index contributed by atoms with van der Waals surface area (Å²) >= 11 is 12.7. The van der Waals surface area contributed by atoms with Gasteiger partial charge >= 0.3 is 0 Å². The van der Waals surface area contributed by atoms with Crippen molar-refractivity contribution < 1.29 is 0 Å². The van der Waals surface area contributed by atoms with Crippen molar-refractivity contribution in [2.75, 3.05) is 0 Å². The number of aryl methyl sites for hydroxylation is 1. The Labute approximate surface area is 124 Å². The van der Waals surface area contributed by atoms with Gasteiger partial charge in [-0.25, -0.2) is 0 Å². The third-order valence-corrected chi connectivity index (χ3v) is 4.77. The summed E-state index contributed by atoms with van der Waals surface area (Å²) in [6.45, 7) is 0. The zero-order chi connectivity index (χ0) is 13.2.